The third-order valence-electron chi connectivity index (χ3n) is 2.25. The number of hydrogen-bond acceptors (Lipinski definition) is 6. The SMILES string of the molecule is CC(CN(C)C)Nc1nccc(C#N)c1[N+](=O)[O-]. The number of anilines is 1. The summed E-state index contributed by atoms with van der Waals surface area (Å²) in [5, 5.41) is 22.8. The first-order valence-corrected chi connectivity index (χ1v) is 5.40. The fourth-order valence-corrected chi connectivity index (χ4v) is 1.66. The number of likely N-dealkylation sites (N-methyl/N-ethyl adjacent to an activating group) is 1. The topological polar surface area (TPSA) is 95.1 Å². The zero-order valence-corrected chi connectivity index (χ0v) is 10.5. The van der Waals surface area contributed by atoms with Crippen LogP contribution in [0.15, 0.2) is 12.3 Å². The van der Waals surface area contributed by atoms with E-state index in [0.717, 1.165) is 0 Å². The van der Waals surface area contributed by atoms with Gasteiger partial charge >= 0.3 is 5.69 Å². The fraction of sp³-hybridized carbons (Fsp3) is 0.455. The number of rotatable bonds is 5. The molecule has 0 spiro atoms. The molecule has 1 N–H and O–H groups in total. The Balaban J connectivity index is 3.02. The Morgan fingerprint density at radius 2 is 2.33 bits per heavy atom. The van der Waals surface area contributed by atoms with Crippen molar-refractivity contribution < 1.29 is 4.92 Å². The van der Waals surface area contributed by atoms with Gasteiger partial charge in [0, 0.05) is 18.8 Å². The maximum absolute atomic E-state index is 11.0. The monoisotopic (exact) mass is 249 g/mol. The number of hydrogen-bond donors (Lipinski definition) is 1. The first kappa shape index (κ1) is 13.9. The van der Waals surface area contributed by atoms with Crippen molar-refractivity contribution in [2.45, 2.75) is 13.0 Å². The van der Waals surface area contributed by atoms with Gasteiger partial charge in [-0.2, -0.15) is 5.26 Å². The first-order chi connectivity index (χ1) is 8.45. The van der Waals surface area contributed by atoms with E-state index in [-0.39, 0.29) is 23.1 Å². The van der Waals surface area contributed by atoms with Gasteiger partial charge in [0.2, 0.25) is 5.82 Å². The quantitative estimate of drug-likeness (QED) is 0.622. The third kappa shape index (κ3) is 3.40. The van der Waals surface area contributed by atoms with E-state index in [1.807, 2.05) is 25.9 Å². The molecule has 0 aromatic carbocycles. The van der Waals surface area contributed by atoms with Gasteiger partial charge in [0.25, 0.3) is 0 Å². The highest BCUT2D eigenvalue weighted by atomic mass is 16.6. The summed E-state index contributed by atoms with van der Waals surface area (Å²) in [7, 11) is 3.82. The van der Waals surface area contributed by atoms with Crippen LogP contribution < -0.4 is 5.32 Å². The van der Waals surface area contributed by atoms with E-state index < -0.39 is 4.92 Å². The molecule has 0 amide bonds. The van der Waals surface area contributed by atoms with Gasteiger partial charge in [0.05, 0.1) is 4.92 Å². The Bertz CT molecular complexity index is 481. The average molecular weight is 249 g/mol. The van der Waals surface area contributed by atoms with Crippen molar-refractivity contribution in [3.05, 3.63) is 27.9 Å². The maximum atomic E-state index is 11.0. The molecule has 0 saturated carbocycles. The van der Waals surface area contributed by atoms with E-state index in [4.69, 9.17) is 5.26 Å². The highest BCUT2D eigenvalue weighted by Gasteiger charge is 2.22. The van der Waals surface area contributed by atoms with E-state index in [1.54, 1.807) is 6.07 Å². The Morgan fingerprint density at radius 1 is 1.67 bits per heavy atom. The molecule has 0 saturated heterocycles. The van der Waals surface area contributed by atoms with Crippen LogP contribution in [0.2, 0.25) is 0 Å². The van der Waals surface area contributed by atoms with E-state index in [1.165, 1.54) is 12.3 Å². The molecule has 1 heterocycles. The van der Waals surface area contributed by atoms with Crippen molar-refractivity contribution in [2.75, 3.05) is 26.0 Å². The summed E-state index contributed by atoms with van der Waals surface area (Å²) < 4.78 is 0. The molecule has 0 aliphatic rings. The van der Waals surface area contributed by atoms with Crippen LogP contribution in [0, 0.1) is 21.4 Å². The van der Waals surface area contributed by atoms with E-state index in [0.29, 0.717) is 6.54 Å². The minimum absolute atomic E-state index is 0.00885. The van der Waals surface area contributed by atoms with Crippen molar-refractivity contribution in [1.82, 2.24) is 9.88 Å². The minimum atomic E-state index is -0.587. The number of nitrogens with one attached hydrogen (secondary N) is 1. The summed E-state index contributed by atoms with van der Waals surface area (Å²) in [5.74, 6) is 0.133. The minimum Gasteiger partial charge on any atom is -0.361 e. The molecule has 18 heavy (non-hydrogen) atoms. The van der Waals surface area contributed by atoms with Crippen LogP contribution in [0.4, 0.5) is 11.5 Å². The molecular weight excluding hydrogens is 234 g/mol. The van der Waals surface area contributed by atoms with Crippen LogP contribution in [-0.4, -0.2) is 41.5 Å². The molecule has 0 aliphatic carbocycles. The summed E-state index contributed by atoms with van der Waals surface area (Å²) in [5.41, 5.74) is -0.264. The summed E-state index contributed by atoms with van der Waals surface area (Å²) >= 11 is 0. The zero-order chi connectivity index (χ0) is 13.7. The van der Waals surface area contributed by atoms with Crippen LogP contribution in [0.1, 0.15) is 12.5 Å². The summed E-state index contributed by atoms with van der Waals surface area (Å²) in [6, 6.07) is 3.12. The normalized spacial score (nSPS) is 11.9. The lowest BCUT2D eigenvalue weighted by molar-refractivity contribution is -0.384. The molecule has 0 radical (unpaired) electrons. The van der Waals surface area contributed by atoms with Gasteiger partial charge in [0.15, 0.2) is 0 Å². The molecule has 1 atom stereocenters. The van der Waals surface area contributed by atoms with E-state index in [2.05, 4.69) is 10.3 Å². The van der Waals surface area contributed by atoms with E-state index in [9.17, 15) is 10.1 Å². The van der Waals surface area contributed by atoms with Crippen LogP contribution in [0.5, 0.6) is 0 Å². The van der Waals surface area contributed by atoms with Crippen molar-refractivity contribution in [2.24, 2.45) is 0 Å². The molecular formula is C11H15N5O2. The predicted octanol–water partition coefficient (Wildman–Crippen LogP) is 1.22. The summed E-state index contributed by atoms with van der Waals surface area (Å²) in [4.78, 5) is 16.3. The molecule has 7 nitrogen and oxygen atoms in total. The van der Waals surface area contributed by atoms with Crippen molar-refractivity contribution in [3.63, 3.8) is 0 Å². The van der Waals surface area contributed by atoms with Gasteiger partial charge in [0.1, 0.15) is 11.6 Å². The lowest BCUT2D eigenvalue weighted by Crippen LogP contribution is -2.30. The van der Waals surface area contributed by atoms with Gasteiger partial charge in [-0.05, 0) is 27.1 Å². The predicted molar refractivity (Wildman–Crippen MR) is 67.2 cm³/mol. The zero-order valence-electron chi connectivity index (χ0n) is 10.5. The molecule has 0 aliphatic heterocycles. The second-order valence-corrected chi connectivity index (χ2v) is 4.23. The number of pyridine rings is 1. The molecule has 0 bridgehead atoms. The average Bonchev–Trinajstić information content (AvgIpc) is 2.26. The molecule has 1 rings (SSSR count). The first-order valence-electron chi connectivity index (χ1n) is 5.40. The van der Waals surface area contributed by atoms with Crippen LogP contribution >= 0.6 is 0 Å². The van der Waals surface area contributed by atoms with Gasteiger partial charge in [-0.3, -0.25) is 10.1 Å². The maximum Gasteiger partial charge on any atom is 0.328 e. The van der Waals surface area contributed by atoms with Crippen LogP contribution in [-0.2, 0) is 0 Å². The summed E-state index contributed by atoms with van der Waals surface area (Å²) in [6.07, 6.45) is 1.39. The van der Waals surface area contributed by atoms with Crippen molar-refractivity contribution >= 4 is 11.5 Å². The second kappa shape index (κ2) is 5.93. The number of nitriles is 1. The van der Waals surface area contributed by atoms with Crippen molar-refractivity contribution in [1.29, 1.82) is 5.26 Å². The second-order valence-electron chi connectivity index (χ2n) is 4.23. The number of aromatic nitrogens is 1. The van der Waals surface area contributed by atoms with Crippen LogP contribution in [0.3, 0.4) is 0 Å². The number of nitro groups is 1. The Hall–Kier alpha value is -2.20. The fourth-order valence-electron chi connectivity index (χ4n) is 1.66. The van der Waals surface area contributed by atoms with Gasteiger partial charge in [-0.15, -0.1) is 0 Å². The van der Waals surface area contributed by atoms with E-state index >= 15 is 0 Å². The Morgan fingerprint density at radius 3 is 2.83 bits per heavy atom. The lowest BCUT2D eigenvalue weighted by atomic mass is 10.2. The Labute approximate surface area is 105 Å². The van der Waals surface area contributed by atoms with Gasteiger partial charge < -0.3 is 10.2 Å². The van der Waals surface area contributed by atoms with Crippen molar-refractivity contribution in [3.8, 4) is 6.07 Å². The summed E-state index contributed by atoms with van der Waals surface area (Å²) in [6.45, 7) is 2.60. The molecule has 1 aromatic rings. The van der Waals surface area contributed by atoms with Gasteiger partial charge in [-0.1, -0.05) is 0 Å². The lowest BCUT2D eigenvalue weighted by Gasteiger charge is -2.18. The Kier molecular flexibility index (Phi) is 4.57. The molecule has 7 heteroatoms. The molecule has 0 fully saturated rings. The highest BCUT2D eigenvalue weighted by Crippen LogP contribution is 2.26. The largest absolute Gasteiger partial charge is 0.361 e. The third-order valence-corrected chi connectivity index (χ3v) is 2.25. The standard InChI is InChI=1S/C11H15N5O2/c1-8(7-15(2)3)14-11-10(16(17)18)9(6-12)4-5-13-11/h4-5,8H,7H2,1-3H3,(H,13,14). The van der Waals surface area contributed by atoms with Crippen LogP contribution in [0.25, 0.3) is 0 Å². The highest BCUT2D eigenvalue weighted by molar-refractivity contribution is 5.64. The molecule has 1 aromatic heterocycles. The smallest absolute Gasteiger partial charge is 0.328 e. The number of nitrogens with zero attached hydrogens (tertiary/aromatic N) is 4. The van der Waals surface area contributed by atoms with Gasteiger partial charge in [-0.25, -0.2) is 4.98 Å². The molecule has 1 unspecified atom stereocenters. The molecule has 96 valence electrons.